The number of likely N-dealkylation sites (tertiary alicyclic amines) is 1. The fourth-order valence-electron chi connectivity index (χ4n) is 3.20. The number of piperidine rings is 1. The third kappa shape index (κ3) is 7.65. The van der Waals surface area contributed by atoms with Gasteiger partial charge >= 0.3 is 5.97 Å². The molecule has 29 heavy (non-hydrogen) atoms. The number of amides is 2. The van der Waals surface area contributed by atoms with Crippen LogP contribution in [0.4, 0.5) is 0 Å². The van der Waals surface area contributed by atoms with Crippen LogP contribution in [0.25, 0.3) is 5.70 Å². The van der Waals surface area contributed by atoms with E-state index in [-0.39, 0.29) is 5.92 Å². The SMILES string of the molecule is CCCc1nc(C)ccc1/C(NC=O)=C(\C)C(N)=O.CN1CCCC(C(=O)O)C1. The van der Waals surface area contributed by atoms with Gasteiger partial charge in [-0.1, -0.05) is 13.3 Å². The number of hydrogen-bond donors (Lipinski definition) is 3. The Morgan fingerprint density at radius 3 is 2.59 bits per heavy atom. The van der Waals surface area contributed by atoms with Gasteiger partial charge in [0.05, 0.1) is 11.6 Å². The molecule has 2 rings (SSSR count). The number of carboxylic acid groups (broad SMARTS) is 1. The van der Waals surface area contributed by atoms with Crippen LogP contribution in [0, 0.1) is 12.8 Å². The summed E-state index contributed by atoms with van der Waals surface area (Å²) < 4.78 is 0. The average molecular weight is 405 g/mol. The number of nitrogens with one attached hydrogen (secondary N) is 1. The number of nitrogens with zero attached hydrogens (tertiary/aromatic N) is 2. The van der Waals surface area contributed by atoms with Crippen molar-refractivity contribution in [3.63, 3.8) is 0 Å². The number of aromatic nitrogens is 1. The van der Waals surface area contributed by atoms with Crippen LogP contribution in [0.15, 0.2) is 17.7 Å². The monoisotopic (exact) mass is 404 g/mol. The summed E-state index contributed by atoms with van der Waals surface area (Å²) in [5, 5.41) is 11.2. The van der Waals surface area contributed by atoms with Crippen LogP contribution in [0.3, 0.4) is 0 Å². The molecule has 2 amide bonds. The van der Waals surface area contributed by atoms with Crippen molar-refractivity contribution in [2.75, 3.05) is 20.1 Å². The lowest BCUT2D eigenvalue weighted by Crippen LogP contribution is -2.35. The molecule has 8 heteroatoms. The van der Waals surface area contributed by atoms with E-state index in [4.69, 9.17) is 10.8 Å². The fraction of sp³-hybridized carbons (Fsp3) is 0.524. The number of carboxylic acids is 1. The van der Waals surface area contributed by atoms with Crippen molar-refractivity contribution in [1.29, 1.82) is 0 Å². The minimum absolute atomic E-state index is 0.126. The van der Waals surface area contributed by atoms with Crippen LogP contribution in [0.2, 0.25) is 0 Å². The molecular weight excluding hydrogens is 372 g/mol. The first-order chi connectivity index (χ1) is 13.7. The van der Waals surface area contributed by atoms with Gasteiger partial charge in [-0.05, 0) is 58.8 Å². The van der Waals surface area contributed by atoms with Gasteiger partial charge in [-0.3, -0.25) is 19.4 Å². The summed E-state index contributed by atoms with van der Waals surface area (Å²) in [6, 6.07) is 3.70. The van der Waals surface area contributed by atoms with Crippen molar-refractivity contribution in [3.05, 3.63) is 34.7 Å². The van der Waals surface area contributed by atoms with Gasteiger partial charge in [-0.25, -0.2) is 0 Å². The van der Waals surface area contributed by atoms with Gasteiger partial charge in [0.15, 0.2) is 0 Å². The first-order valence-electron chi connectivity index (χ1n) is 9.80. The molecule has 2 heterocycles. The van der Waals surface area contributed by atoms with E-state index in [0.717, 1.165) is 55.7 Å². The van der Waals surface area contributed by atoms with Gasteiger partial charge in [0.1, 0.15) is 0 Å². The number of nitrogens with two attached hydrogens (primary N) is 1. The minimum atomic E-state index is -0.647. The summed E-state index contributed by atoms with van der Waals surface area (Å²) >= 11 is 0. The zero-order valence-electron chi connectivity index (χ0n) is 17.7. The van der Waals surface area contributed by atoms with E-state index in [0.29, 0.717) is 17.7 Å². The van der Waals surface area contributed by atoms with Gasteiger partial charge in [0, 0.05) is 29.1 Å². The molecule has 4 N–H and O–H groups in total. The van der Waals surface area contributed by atoms with Gasteiger partial charge < -0.3 is 21.1 Å². The topological polar surface area (TPSA) is 126 Å². The summed E-state index contributed by atoms with van der Waals surface area (Å²) in [5.41, 5.74) is 8.53. The molecule has 0 bridgehead atoms. The Morgan fingerprint density at radius 1 is 1.41 bits per heavy atom. The number of carbonyl (C=O) groups excluding carboxylic acids is 2. The first-order valence-corrected chi connectivity index (χ1v) is 9.80. The third-order valence-electron chi connectivity index (χ3n) is 4.79. The minimum Gasteiger partial charge on any atom is -0.481 e. The number of aryl methyl sites for hydroxylation is 2. The van der Waals surface area contributed by atoms with Crippen LogP contribution in [-0.4, -0.2) is 53.4 Å². The van der Waals surface area contributed by atoms with E-state index in [1.165, 1.54) is 0 Å². The normalized spacial score (nSPS) is 17.4. The Morgan fingerprint density at radius 2 is 2.10 bits per heavy atom. The Hall–Kier alpha value is -2.74. The largest absolute Gasteiger partial charge is 0.481 e. The third-order valence-corrected chi connectivity index (χ3v) is 4.79. The quantitative estimate of drug-likeness (QED) is 0.469. The molecule has 1 atom stereocenters. The van der Waals surface area contributed by atoms with Crippen molar-refractivity contribution in [3.8, 4) is 0 Å². The molecule has 1 aliphatic heterocycles. The van der Waals surface area contributed by atoms with E-state index in [1.54, 1.807) is 6.92 Å². The maximum absolute atomic E-state index is 11.3. The number of aliphatic carboxylic acids is 1. The molecule has 0 aromatic carbocycles. The fourth-order valence-corrected chi connectivity index (χ4v) is 3.20. The van der Waals surface area contributed by atoms with Gasteiger partial charge in [-0.15, -0.1) is 0 Å². The van der Waals surface area contributed by atoms with Crippen molar-refractivity contribution < 1.29 is 19.5 Å². The predicted molar refractivity (Wildman–Crippen MR) is 112 cm³/mol. The van der Waals surface area contributed by atoms with Crippen LogP contribution in [0.5, 0.6) is 0 Å². The molecule has 8 nitrogen and oxygen atoms in total. The molecule has 1 aromatic heterocycles. The molecule has 1 aromatic rings. The molecular formula is C21H32N4O4. The molecule has 1 saturated heterocycles. The van der Waals surface area contributed by atoms with Gasteiger partial charge in [0.25, 0.3) is 0 Å². The van der Waals surface area contributed by atoms with E-state index in [1.807, 2.05) is 33.0 Å². The maximum atomic E-state index is 11.3. The summed E-state index contributed by atoms with van der Waals surface area (Å²) in [6.45, 7) is 7.30. The zero-order chi connectivity index (χ0) is 22.0. The molecule has 0 aliphatic carbocycles. The van der Waals surface area contributed by atoms with Gasteiger partial charge in [0.2, 0.25) is 12.3 Å². The molecule has 160 valence electrons. The molecule has 0 spiro atoms. The lowest BCUT2D eigenvalue weighted by atomic mass is 9.99. The number of pyridine rings is 1. The lowest BCUT2D eigenvalue weighted by Gasteiger charge is -2.26. The first kappa shape index (κ1) is 24.3. The molecule has 0 saturated carbocycles. The second-order valence-electron chi connectivity index (χ2n) is 7.26. The highest BCUT2D eigenvalue weighted by Gasteiger charge is 2.22. The van der Waals surface area contributed by atoms with Crippen LogP contribution >= 0.6 is 0 Å². The van der Waals surface area contributed by atoms with E-state index in [9.17, 15) is 14.4 Å². The maximum Gasteiger partial charge on any atom is 0.307 e. The van der Waals surface area contributed by atoms with E-state index in [2.05, 4.69) is 15.2 Å². The Labute approximate surface area is 172 Å². The van der Waals surface area contributed by atoms with Crippen LogP contribution in [0.1, 0.15) is 50.1 Å². The number of carbonyl (C=O) groups is 3. The highest BCUT2D eigenvalue weighted by Crippen LogP contribution is 2.20. The number of hydrogen-bond acceptors (Lipinski definition) is 5. The second kappa shape index (κ2) is 12.0. The summed E-state index contributed by atoms with van der Waals surface area (Å²) in [5.74, 6) is -1.34. The summed E-state index contributed by atoms with van der Waals surface area (Å²) in [6.07, 6.45) is 4.10. The molecule has 1 aliphatic rings. The van der Waals surface area contributed by atoms with Crippen molar-refractivity contribution in [2.24, 2.45) is 11.7 Å². The highest BCUT2D eigenvalue weighted by atomic mass is 16.4. The van der Waals surface area contributed by atoms with Crippen LogP contribution < -0.4 is 11.1 Å². The zero-order valence-corrected chi connectivity index (χ0v) is 17.7. The van der Waals surface area contributed by atoms with Crippen molar-refractivity contribution in [1.82, 2.24) is 15.2 Å². The predicted octanol–water partition coefficient (Wildman–Crippen LogP) is 1.72. The van der Waals surface area contributed by atoms with Crippen molar-refractivity contribution >= 4 is 24.0 Å². The number of primary amides is 1. The summed E-state index contributed by atoms with van der Waals surface area (Å²) in [7, 11) is 1.97. The average Bonchev–Trinajstić information content (AvgIpc) is 2.67. The van der Waals surface area contributed by atoms with Crippen LogP contribution in [-0.2, 0) is 20.8 Å². The molecule has 0 radical (unpaired) electrons. The Kier molecular flexibility index (Phi) is 10.0. The van der Waals surface area contributed by atoms with Gasteiger partial charge in [-0.2, -0.15) is 0 Å². The Balaban J connectivity index is 0.000000352. The highest BCUT2D eigenvalue weighted by molar-refractivity contribution is 6.00. The smallest absolute Gasteiger partial charge is 0.307 e. The lowest BCUT2D eigenvalue weighted by molar-refractivity contribution is -0.143. The van der Waals surface area contributed by atoms with E-state index < -0.39 is 11.9 Å². The van der Waals surface area contributed by atoms with Crippen molar-refractivity contribution in [2.45, 2.75) is 46.5 Å². The standard InChI is InChI=1S/C14H19N3O2.C7H13NO2/c1-4-5-12-11(7-6-9(2)17-12)13(16-8-18)10(3)14(15)19;1-8-4-2-3-6(5-8)7(9)10/h6-8H,4-5H2,1-3H3,(H2,15,19)(H,16,18);6H,2-5H2,1H3,(H,9,10)/b13-10-;. The molecule has 1 fully saturated rings. The molecule has 1 unspecified atom stereocenters. The second-order valence-corrected chi connectivity index (χ2v) is 7.26. The Bertz CT molecular complexity index is 761. The summed E-state index contributed by atoms with van der Waals surface area (Å²) in [4.78, 5) is 39.1. The van der Waals surface area contributed by atoms with E-state index >= 15 is 0 Å². The number of rotatable bonds is 7.